The molecule has 4 amide bonds. The van der Waals surface area contributed by atoms with Gasteiger partial charge in [-0.15, -0.1) is 0 Å². The van der Waals surface area contributed by atoms with E-state index in [1.54, 1.807) is 60.7 Å². The molecule has 1 aliphatic rings. The molecule has 0 aliphatic carbocycles. The number of imide groups is 1. The second kappa shape index (κ2) is 17.2. The van der Waals surface area contributed by atoms with Crippen LogP contribution in [-0.2, 0) is 23.9 Å². The Hall–Kier alpha value is -6.96. The third-order valence-corrected chi connectivity index (χ3v) is 9.10. The third kappa shape index (κ3) is 8.96. The van der Waals surface area contributed by atoms with Crippen molar-refractivity contribution in [2.24, 2.45) is 0 Å². The Kier molecular flexibility index (Phi) is 12.0. The Bertz CT molecular complexity index is 2470. The van der Waals surface area contributed by atoms with Gasteiger partial charge in [-0.25, -0.2) is 9.59 Å². The van der Waals surface area contributed by atoms with E-state index < -0.39 is 66.4 Å². The van der Waals surface area contributed by atoms with Gasteiger partial charge in [-0.2, -0.15) is 0 Å². The number of hydrogen-bond donors (Lipinski definition) is 2. The van der Waals surface area contributed by atoms with Crippen molar-refractivity contribution in [2.45, 2.75) is 13.0 Å². The van der Waals surface area contributed by atoms with Crippen molar-refractivity contribution in [3.05, 3.63) is 164 Å². The molecule has 5 aromatic rings. The molecule has 286 valence electrons. The quantitative estimate of drug-likeness (QED) is 0.0766. The number of benzene rings is 5. The molecule has 0 unspecified atom stereocenters. The van der Waals surface area contributed by atoms with Gasteiger partial charge in [-0.3, -0.25) is 33.7 Å². The fourth-order valence-electron chi connectivity index (χ4n) is 5.80. The smallest absolute Gasteiger partial charge is 0.338 e. The predicted molar refractivity (Wildman–Crippen MR) is 208 cm³/mol. The second-order valence-corrected chi connectivity index (χ2v) is 13.3. The number of anilines is 2. The first-order valence-electron chi connectivity index (χ1n) is 17.1. The zero-order valence-electron chi connectivity index (χ0n) is 29.7. The summed E-state index contributed by atoms with van der Waals surface area (Å²) >= 11 is 12.2. The molecule has 0 saturated heterocycles. The van der Waals surface area contributed by atoms with Gasteiger partial charge in [0.2, 0.25) is 0 Å². The van der Waals surface area contributed by atoms with E-state index in [2.05, 4.69) is 10.6 Å². The van der Waals surface area contributed by atoms with Crippen LogP contribution in [0.4, 0.5) is 11.4 Å². The summed E-state index contributed by atoms with van der Waals surface area (Å²) < 4.78 is 10.3. The fourth-order valence-corrected chi connectivity index (χ4v) is 6.15. The number of fused-ring (bicyclic) bond motifs is 1. The van der Waals surface area contributed by atoms with E-state index in [4.69, 9.17) is 32.7 Å². The van der Waals surface area contributed by atoms with Crippen LogP contribution in [0, 0.1) is 0 Å². The standard InChI is InChI=1S/C42H29Cl2N3O10/c1-23(41(54)56-21-35(48)45-33-16-13-27(43)19-31(33)37(50)24-8-4-2-5-9-24)47-39(52)29-15-12-26(18-30(29)40(47)53)42(55)57-22-36(49)46-34-17-14-28(44)20-32(34)38(51)25-10-6-3-7-11-25/h2-20,23H,21-22H2,1H3,(H,45,48)(H,46,49)/t23-/m0/s1. The van der Waals surface area contributed by atoms with E-state index in [0.29, 0.717) is 16.0 Å². The minimum atomic E-state index is -1.48. The maximum absolute atomic E-state index is 13.4. The molecule has 0 fully saturated rings. The first-order chi connectivity index (χ1) is 27.3. The molecule has 0 bridgehead atoms. The number of halogens is 2. The summed E-state index contributed by atoms with van der Waals surface area (Å²) in [5, 5.41) is 5.57. The molecule has 0 saturated carbocycles. The molecule has 0 spiro atoms. The average molecular weight is 807 g/mol. The molecule has 13 nitrogen and oxygen atoms in total. The van der Waals surface area contributed by atoms with Gasteiger partial charge in [-0.1, -0.05) is 83.9 Å². The minimum absolute atomic E-state index is 0.100. The number of ether oxygens (including phenoxy) is 2. The number of esters is 2. The molecule has 1 aliphatic heterocycles. The SMILES string of the molecule is C[C@@H](C(=O)OCC(=O)Nc1ccc(Cl)cc1C(=O)c1ccccc1)N1C(=O)c2ccc(C(=O)OCC(=O)Nc3ccc(Cl)cc3C(=O)c3ccccc3)cc2C1=O. The molecule has 1 heterocycles. The fraction of sp³-hybridized carbons (Fsp3) is 0.0952. The van der Waals surface area contributed by atoms with Crippen molar-refractivity contribution < 1.29 is 47.8 Å². The highest BCUT2D eigenvalue weighted by Crippen LogP contribution is 2.28. The summed E-state index contributed by atoms with van der Waals surface area (Å²) in [6.45, 7) is -0.360. The van der Waals surface area contributed by atoms with Crippen LogP contribution in [0.1, 0.15) is 69.8 Å². The van der Waals surface area contributed by atoms with Crippen LogP contribution >= 0.6 is 23.2 Å². The van der Waals surface area contributed by atoms with Crippen LogP contribution in [0.25, 0.3) is 0 Å². The number of nitrogens with zero attached hydrogens (tertiary/aromatic N) is 1. The van der Waals surface area contributed by atoms with Crippen LogP contribution in [0.2, 0.25) is 10.0 Å². The van der Waals surface area contributed by atoms with Crippen molar-refractivity contribution in [1.29, 1.82) is 0 Å². The predicted octanol–water partition coefficient (Wildman–Crippen LogP) is 6.42. The zero-order chi connectivity index (χ0) is 40.8. The maximum atomic E-state index is 13.4. The topological polar surface area (TPSA) is 182 Å². The largest absolute Gasteiger partial charge is 0.454 e. The van der Waals surface area contributed by atoms with Gasteiger partial charge < -0.3 is 20.1 Å². The summed E-state index contributed by atoms with van der Waals surface area (Å²) in [6, 6.07) is 27.3. The van der Waals surface area contributed by atoms with Gasteiger partial charge in [0.05, 0.1) is 28.1 Å². The molecular formula is C42H29Cl2N3O10. The summed E-state index contributed by atoms with van der Waals surface area (Å²) in [7, 11) is 0. The van der Waals surface area contributed by atoms with Gasteiger partial charge in [0.1, 0.15) is 6.04 Å². The summed E-state index contributed by atoms with van der Waals surface area (Å²) in [6.07, 6.45) is 0. The highest BCUT2D eigenvalue weighted by atomic mass is 35.5. The number of carbonyl (C=O) groups excluding carboxylic acids is 8. The summed E-state index contributed by atoms with van der Waals surface area (Å²) in [4.78, 5) is 105. The van der Waals surface area contributed by atoms with Crippen molar-refractivity contribution >= 4 is 81.7 Å². The molecule has 15 heteroatoms. The third-order valence-electron chi connectivity index (χ3n) is 8.63. The van der Waals surface area contributed by atoms with Crippen LogP contribution in [-0.4, -0.2) is 71.3 Å². The molecule has 6 rings (SSSR count). The van der Waals surface area contributed by atoms with Crippen LogP contribution < -0.4 is 10.6 Å². The van der Waals surface area contributed by atoms with E-state index in [9.17, 15) is 38.4 Å². The molecule has 1 atom stereocenters. The first kappa shape index (κ1) is 39.7. The molecule has 0 radical (unpaired) electrons. The molecule has 5 aromatic carbocycles. The van der Waals surface area contributed by atoms with Crippen LogP contribution in [0.3, 0.4) is 0 Å². The number of carbonyl (C=O) groups is 8. The number of amides is 4. The lowest BCUT2D eigenvalue weighted by atomic mass is 10.0. The zero-order valence-corrected chi connectivity index (χ0v) is 31.3. The normalized spacial score (nSPS) is 12.3. The number of ketones is 2. The van der Waals surface area contributed by atoms with Crippen molar-refractivity contribution in [3.8, 4) is 0 Å². The lowest BCUT2D eigenvalue weighted by molar-refractivity contribution is -0.150. The monoisotopic (exact) mass is 805 g/mol. The van der Waals surface area contributed by atoms with Gasteiger partial charge in [0.15, 0.2) is 24.8 Å². The maximum Gasteiger partial charge on any atom is 0.338 e. The van der Waals surface area contributed by atoms with Gasteiger partial charge in [0, 0.05) is 32.3 Å². The van der Waals surface area contributed by atoms with E-state index in [1.165, 1.54) is 55.5 Å². The Labute approximate surface area is 334 Å². The number of rotatable bonds is 13. The van der Waals surface area contributed by atoms with Gasteiger partial charge in [-0.05, 0) is 61.5 Å². The van der Waals surface area contributed by atoms with Crippen LogP contribution in [0.15, 0.2) is 115 Å². The first-order valence-corrected chi connectivity index (χ1v) is 17.8. The Morgan fingerprint density at radius 1 is 0.579 bits per heavy atom. The lowest BCUT2D eigenvalue weighted by Crippen LogP contribution is -2.44. The Morgan fingerprint density at radius 2 is 1.05 bits per heavy atom. The number of nitrogens with one attached hydrogen (secondary N) is 2. The van der Waals surface area contributed by atoms with Gasteiger partial charge >= 0.3 is 11.9 Å². The Morgan fingerprint density at radius 3 is 1.56 bits per heavy atom. The van der Waals surface area contributed by atoms with Crippen LogP contribution in [0.5, 0.6) is 0 Å². The van der Waals surface area contributed by atoms with E-state index in [-0.39, 0.29) is 49.2 Å². The lowest BCUT2D eigenvalue weighted by Gasteiger charge is -2.20. The van der Waals surface area contributed by atoms with Gasteiger partial charge in [0.25, 0.3) is 23.6 Å². The molecule has 2 N–H and O–H groups in total. The van der Waals surface area contributed by atoms with E-state index in [0.717, 1.165) is 6.07 Å². The number of hydrogen-bond acceptors (Lipinski definition) is 10. The van der Waals surface area contributed by atoms with Crippen molar-refractivity contribution in [3.63, 3.8) is 0 Å². The molecule has 57 heavy (non-hydrogen) atoms. The van der Waals surface area contributed by atoms with Crippen molar-refractivity contribution in [1.82, 2.24) is 4.90 Å². The Balaban J connectivity index is 1.04. The summed E-state index contributed by atoms with van der Waals surface area (Å²) in [5.74, 6) is -6.25. The second-order valence-electron chi connectivity index (χ2n) is 12.5. The highest BCUT2D eigenvalue weighted by molar-refractivity contribution is 6.32. The minimum Gasteiger partial charge on any atom is -0.454 e. The van der Waals surface area contributed by atoms with E-state index in [1.807, 2.05) is 0 Å². The molecule has 0 aromatic heterocycles. The van der Waals surface area contributed by atoms with Crippen molar-refractivity contribution in [2.75, 3.05) is 23.8 Å². The highest BCUT2D eigenvalue weighted by Gasteiger charge is 2.42. The molecular weight excluding hydrogens is 777 g/mol. The summed E-state index contributed by atoms with van der Waals surface area (Å²) in [5.41, 5.74) is 0.693. The van der Waals surface area contributed by atoms with E-state index >= 15 is 0 Å². The average Bonchev–Trinajstić information content (AvgIpc) is 3.47.